The molecule has 150 valence electrons. The fourth-order valence-electron chi connectivity index (χ4n) is 3.16. The Labute approximate surface area is 160 Å². The van der Waals surface area contributed by atoms with Crippen LogP contribution >= 0.6 is 0 Å². The molecule has 0 radical (unpaired) electrons. The molecule has 1 aliphatic heterocycles. The maximum Gasteiger partial charge on any atom is 0.310 e. The summed E-state index contributed by atoms with van der Waals surface area (Å²) in [6.45, 7) is 6.98. The maximum absolute atomic E-state index is 12.5. The molecule has 0 unspecified atom stereocenters. The first-order valence-electron chi connectivity index (χ1n) is 8.94. The third-order valence-corrected chi connectivity index (χ3v) is 5.63. The van der Waals surface area contributed by atoms with E-state index in [0.29, 0.717) is 18.8 Å². The first-order valence-corrected chi connectivity index (χ1v) is 10.5. The predicted octanol–water partition coefficient (Wildman–Crippen LogP) is 1.16. The van der Waals surface area contributed by atoms with Crippen molar-refractivity contribution in [1.82, 2.24) is 4.90 Å². The Bertz CT molecular complexity index is 823. The molecule has 1 aromatic rings. The molecule has 2 rings (SSSR count). The van der Waals surface area contributed by atoms with E-state index in [9.17, 15) is 18.0 Å². The molecule has 1 aromatic carbocycles. The monoisotopic (exact) mass is 397 g/mol. The van der Waals surface area contributed by atoms with Gasteiger partial charge in [0, 0.05) is 12.2 Å². The zero-order chi connectivity index (χ0) is 20.2. The molecule has 0 bridgehead atoms. The lowest BCUT2D eigenvalue weighted by Gasteiger charge is -2.30. The first-order chi connectivity index (χ1) is 12.6. The molecule has 0 spiro atoms. The number of anilines is 1. The SMILES string of the molecule is CCOC(=O)[C@H]1CCCN(CC(=O)Nc2cc(S(N)(=O)=O)cc(C)c2C)C1. The van der Waals surface area contributed by atoms with Crippen LogP contribution in [0.2, 0.25) is 0 Å². The predicted molar refractivity (Wildman–Crippen MR) is 102 cm³/mol. The average Bonchev–Trinajstić information content (AvgIpc) is 2.58. The van der Waals surface area contributed by atoms with Crippen molar-refractivity contribution >= 4 is 27.6 Å². The number of benzene rings is 1. The number of likely N-dealkylation sites (tertiary alicyclic amines) is 1. The van der Waals surface area contributed by atoms with Crippen molar-refractivity contribution in [2.45, 2.75) is 38.5 Å². The third-order valence-electron chi connectivity index (χ3n) is 4.74. The number of hydrogen-bond acceptors (Lipinski definition) is 6. The molecule has 0 saturated carbocycles. The lowest BCUT2D eigenvalue weighted by atomic mass is 9.98. The summed E-state index contributed by atoms with van der Waals surface area (Å²) in [6, 6.07) is 2.85. The van der Waals surface area contributed by atoms with Crippen LogP contribution in [0.25, 0.3) is 0 Å². The summed E-state index contributed by atoms with van der Waals surface area (Å²) in [6.07, 6.45) is 1.57. The van der Waals surface area contributed by atoms with Crippen LogP contribution in [0.4, 0.5) is 5.69 Å². The molecular weight excluding hydrogens is 370 g/mol. The smallest absolute Gasteiger partial charge is 0.310 e. The quantitative estimate of drug-likeness (QED) is 0.696. The van der Waals surface area contributed by atoms with E-state index in [4.69, 9.17) is 9.88 Å². The van der Waals surface area contributed by atoms with E-state index < -0.39 is 10.0 Å². The second-order valence-electron chi connectivity index (χ2n) is 6.83. The Kier molecular flexibility index (Phi) is 6.96. The minimum atomic E-state index is -3.86. The van der Waals surface area contributed by atoms with Gasteiger partial charge in [0.2, 0.25) is 15.9 Å². The lowest BCUT2D eigenvalue weighted by Crippen LogP contribution is -2.43. The van der Waals surface area contributed by atoms with Crippen LogP contribution in [0.3, 0.4) is 0 Å². The number of nitrogens with one attached hydrogen (secondary N) is 1. The topological polar surface area (TPSA) is 119 Å². The van der Waals surface area contributed by atoms with Crippen LogP contribution in [0.5, 0.6) is 0 Å². The van der Waals surface area contributed by atoms with Crippen LogP contribution in [0, 0.1) is 19.8 Å². The molecule has 1 amide bonds. The Morgan fingerprint density at radius 1 is 1.33 bits per heavy atom. The van der Waals surface area contributed by atoms with Gasteiger partial charge in [-0.1, -0.05) is 0 Å². The number of esters is 1. The minimum absolute atomic E-state index is 0.0405. The van der Waals surface area contributed by atoms with E-state index in [1.807, 2.05) is 4.90 Å². The number of aryl methyl sites for hydroxylation is 1. The summed E-state index contributed by atoms with van der Waals surface area (Å²) in [5, 5.41) is 7.96. The molecule has 27 heavy (non-hydrogen) atoms. The van der Waals surface area contributed by atoms with E-state index in [2.05, 4.69) is 5.32 Å². The highest BCUT2D eigenvalue weighted by atomic mass is 32.2. The Balaban J connectivity index is 2.05. The van der Waals surface area contributed by atoms with Crippen molar-refractivity contribution < 1.29 is 22.7 Å². The average molecular weight is 397 g/mol. The number of piperidine rings is 1. The van der Waals surface area contributed by atoms with Crippen molar-refractivity contribution in [1.29, 1.82) is 0 Å². The van der Waals surface area contributed by atoms with Crippen LogP contribution in [-0.2, 0) is 24.3 Å². The highest BCUT2D eigenvalue weighted by Gasteiger charge is 2.28. The number of hydrogen-bond donors (Lipinski definition) is 2. The second-order valence-corrected chi connectivity index (χ2v) is 8.39. The largest absolute Gasteiger partial charge is 0.466 e. The van der Waals surface area contributed by atoms with Crippen molar-refractivity contribution in [3.8, 4) is 0 Å². The number of carbonyl (C=O) groups excluding carboxylic acids is 2. The summed E-state index contributed by atoms with van der Waals surface area (Å²) in [5.41, 5.74) is 1.92. The molecule has 3 N–H and O–H groups in total. The van der Waals surface area contributed by atoms with Gasteiger partial charge in [0.05, 0.1) is 24.0 Å². The van der Waals surface area contributed by atoms with Gasteiger partial charge in [0.15, 0.2) is 0 Å². The fraction of sp³-hybridized carbons (Fsp3) is 0.556. The highest BCUT2D eigenvalue weighted by Crippen LogP contribution is 2.24. The van der Waals surface area contributed by atoms with Crippen molar-refractivity contribution in [3.63, 3.8) is 0 Å². The summed E-state index contributed by atoms with van der Waals surface area (Å²) in [4.78, 5) is 26.2. The number of carbonyl (C=O) groups is 2. The van der Waals surface area contributed by atoms with Gasteiger partial charge >= 0.3 is 5.97 Å². The molecule has 8 nitrogen and oxygen atoms in total. The number of sulfonamides is 1. The molecule has 9 heteroatoms. The van der Waals surface area contributed by atoms with Crippen LogP contribution in [0.15, 0.2) is 17.0 Å². The molecule has 1 saturated heterocycles. The molecular formula is C18H27N3O5S. The van der Waals surface area contributed by atoms with Gasteiger partial charge < -0.3 is 10.1 Å². The number of ether oxygens (including phenoxy) is 1. The van der Waals surface area contributed by atoms with Gasteiger partial charge in [-0.15, -0.1) is 0 Å². The van der Waals surface area contributed by atoms with Gasteiger partial charge in [0.1, 0.15) is 0 Å². The molecule has 0 aromatic heterocycles. The minimum Gasteiger partial charge on any atom is -0.466 e. The van der Waals surface area contributed by atoms with Gasteiger partial charge in [-0.3, -0.25) is 14.5 Å². The van der Waals surface area contributed by atoms with Gasteiger partial charge in [0.25, 0.3) is 0 Å². The summed E-state index contributed by atoms with van der Waals surface area (Å²) in [7, 11) is -3.86. The van der Waals surface area contributed by atoms with Crippen LogP contribution in [0.1, 0.15) is 30.9 Å². The molecule has 1 atom stereocenters. The van der Waals surface area contributed by atoms with Gasteiger partial charge in [-0.25, -0.2) is 13.6 Å². The molecule has 1 fully saturated rings. The number of nitrogens with zero attached hydrogens (tertiary/aromatic N) is 1. The highest BCUT2D eigenvalue weighted by molar-refractivity contribution is 7.89. The normalized spacial score (nSPS) is 18.1. The summed E-state index contributed by atoms with van der Waals surface area (Å²) < 4.78 is 28.3. The van der Waals surface area contributed by atoms with E-state index >= 15 is 0 Å². The Morgan fingerprint density at radius 3 is 2.67 bits per heavy atom. The van der Waals surface area contributed by atoms with E-state index in [1.54, 1.807) is 20.8 Å². The van der Waals surface area contributed by atoms with Gasteiger partial charge in [-0.2, -0.15) is 0 Å². The summed E-state index contributed by atoms with van der Waals surface area (Å²) in [5.74, 6) is -0.718. The Morgan fingerprint density at radius 2 is 2.04 bits per heavy atom. The van der Waals surface area contributed by atoms with Crippen LogP contribution < -0.4 is 10.5 Å². The number of nitrogens with two attached hydrogens (primary N) is 1. The van der Waals surface area contributed by atoms with E-state index in [0.717, 1.165) is 30.5 Å². The van der Waals surface area contributed by atoms with Crippen molar-refractivity contribution in [2.24, 2.45) is 11.1 Å². The lowest BCUT2D eigenvalue weighted by molar-refractivity contribution is -0.150. The zero-order valence-corrected chi connectivity index (χ0v) is 16.8. The van der Waals surface area contributed by atoms with Crippen molar-refractivity contribution in [2.75, 3.05) is 31.6 Å². The van der Waals surface area contributed by atoms with E-state index in [1.165, 1.54) is 12.1 Å². The van der Waals surface area contributed by atoms with Crippen molar-refractivity contribution in [3.05, 3.63) is 23.3 Å². The third kappa shape index (κ3) is 5.75. The molecule has 0 aliphatic carbocycles. The summed E-state index contributed by atoms with van der Waals surface area (Å²) >= 11 is 0. The Hall–Kier alpha value is -1.97. The van der Waals surface area contributed by atoms with Gasteiger partial charge in [-0.05, 0) is 63.4 Å². The first kappa shape index (κ1) is 21.3. The number of rotatable bonds is 6. The fourth-order valence-corrected chi connectivity index (χ4v) is 3.79. The van der Waals surface area contributed by atoms with E-state index in [-0.39, 0.29) is 29.2 Å². The standard InChI is InChI=1S/C18H27N3O5S/c1-4-26-18(23)14-6-5-7-21(10-14)11-17(22)20-16-9-15(27(19,24)25)8-12(2)13(16)3/h8-9,14H,4-7,10-11H2,1-3H3,(H,20,22)(H2,19,24,25)/t14-/m0/s1. The molecule has 1 aliphatic rings. The number of amides is 1. The maximum atomic E-state index is 12.5. The second kappa shape index (κ2) is 8.81. The number of primary sulfonamides is 1. The zero-order valence-electron chi connectivity index (χ0n) is 15.9. The van der Waals surface area contributed by atoms with Crippen LogP contribution in [-0.4, -0.2) is 51.4 Å². The molecule has 1 heterocycles.